The molecule has 0 fully saturated rings. The molecule has 0 spiro atoms. The molecular formula is C14H18ClN3O. The van der Waals surface area contributed by atoms with Gasteiger partial charge in [0.15, 0.2) is 0 Å². The topological polar surface area (TPSA) is 42.2 Å². The summed E-state index contributed by atoms with van der Waals surface area (Å²) in [5, 5.41) is 0.546. The molecule has 2 aromatic heterocycles. The molecular weight excluding hydrogens is 262 g/mol. The minimum absolute atomic E-state index is 0.546. The maximum atomic E-state index is 6.19. The van der Waals surface area contributed by atoms with Crippen LogP contribution in [0.1, 0.15) is 31.6 Å². The summed E-state index contributed by atoms with van der Waals surface area (Å²) in [6.07, 6.45) is 5.09. The van der Waals surface area contributed by atoms with Gasteiger partial charge in [-0.2, -0.15) is 0 Å². The second kappa shape index (κ2) is 6.57. The molecule has 0 aliphatic heterocycles. The van der Waals surface area contributed by atoms with Crippen molar-refractivity contribution in [2.45, 2.75) is 33.2 Å². The number of halogens is 1. The lowest BCUT2D eigenvalue weighted by Gasteiger charge is -2.23. The van der Waals surface area contributed by atoms with E-state index >= 15 is 0 Å². The Balaban J connectivity index is 2.29. The Morgan fingerprint density at radius 2 is 2.16 bits per heavy atom. The number of anilines is 1. The van der Waals surface area contributed by atoms with Gasteiger partial charge in [0.25, 0.3) is 0 Å². The van der Waals surface area contributed by atoms with Gasteiger partial charge in [-0.3, -0.25) is 0 Å². The highest BCUT2D eigenvalue weighted by atomic mass is 35.5. The van der Waals surface area contributed by atoms with E-state index in [9.17, 15) is 0 Å². The van der Waals surface area contributed by atoms with Crippen molar-refractivity contribution >= 4 is 17.4 Å². The Morgan fingerprint density at radius 1 is 1.32 bits per heavy atom. The lowest BCUT2D eigenvalue weighted by atomic mass is 10.1. The Bertz CT molecular complexity index is 513. The summed E-state index contributed by atoms with van der Waals surface area (Å²) in [5.74, 6) is 1.82. The van der Waals surface area contributed by atoms with E-state index < -0.39 is 0 Å². The largest absolute Gasteiger partial charge is 0.467 e. The number of aromatic nitrogens is 2. The quantitative estimate of drug-likeness (QED) is 0.756. The molecule has 4 nitrogen and oxygen atoms in total. The van der Waals surface area contributed by atoms with Crippen molar-refractivity contribution in [3.05, 3.63) is 41.2 Å². The highest BCUT2D eigenvalue weighted by Gasteiger charge is 2.15. The maximum Gasteiger partial charge on any atom is 0.137 e. The van der Waals surface area contributed by atoms with Crippen molar-refractivity contribution in [3.8, 4) is 0 Å². The molecule has 2 heterocycles. The summed E-state index contributed by atoms with van der Waals surface area (Å²) < 4.78 is 5.40. The molecule has 0 bridgehead atoms. The van der Waals surface area contributed by atoms with Crippen molar-refractivity contribution in [1.82, 2.24) is 9.97 Å². The van der Waals surface area contributed by atoms with Crippen LogP contribution in [-0.4, -0.2) is 16.5 Å². The van der Waals surface area contributed by atoms with E-state index in [0.29, 0.717) is 11.7 Å². The fourth-order valence-electron chi connectivity index (χ4n) is 2.05. The third-order valence-electron chi connectivity index (χ3n) is 2.98. The molecule has 0 N–H and O–H groups in total. The van der Waals surface area contributed by atoms with E-state index in [0.717, 1.165) is 36.5 Å². The summed E-state index contributed by atoms with van der Waals surface area (Å²) in [7, 11) is 0. The Labute approximate surface area is 118 Å². The van der Waals surface area contributed by atoms with Crippen LogP contribution in [0.15, 0.2) is 29.1 Å². The van der Waals surface area contributed by atoms with E-state index in [1.807, 2.05) is 12.1 Å². The van der Waals surface area contributed by atoms with Crippen LogP contribution < -0.4 is 4.90 Å². The van der Waals surface area contributed by atoms with Gasteiger partial charge in [-0.1, -0.05) is 24.9 Å². The van der Waals surface area contributed by atoms with Crippen LogP contribution in [0.5, 0.6) is 0 Å². The first-order valence-corrected chi connectivity index (χ1v) is 6.90. The molecule has 0 saturated carbocycles. The van der Waals surface area contributed by atoms with E-state index in [4.69, 9.17) is 16.0 Å². The fraction of sp³-hybridized carbons (Fsp3) is 0.429. The molecule has 19 heavy (non-hydrogen) atoms. The van der Waals surface area contributed by atoms with Crippen molar-refractivity contribution in [2.75, 3.05) is 11.4 Å². The number of nitrogens with zero attached hydrogens (tertiary/aromatic N) is 3. The average molecular weight is 280 g/mol. The summed E-state index contributed by atoms with van der Waals surface area (Å²) >= 11 is 6.19. The van der Waals surface area contributed by atoms with Gasteiger partial charge in [-0.05, 0) is 25.5 Å². The van der Waals surface area contributed by atoms with Crippen molar-refractivity contribution in [1.29, 1.82) is 0 Å². The predicted molar refractivity (Wildman–Crippen MR) is 76.5 cm³/mol. The molecule has 0 aliphatic carbocycles. The zero-order valence-electron chi connectivity index (χ0n) is 11.3. The number of hydrogen-bond acceptors (Lipinski definition) is 4. The highest BCUT2D eigenvalue weighted by Crippen LogP contribution is 2.26. The second-order valence-electron chi connectivity index (χ2n) is 4.31. The van der Waals surface area contributed by atoms with Crippen molar-refractivity contribution in [2.24, 2.45) is 0 Å². The smallest absolute Gasteiger partial charge is 0.137 e. The monoisotopic (exact) mass is 279 g/mol. The standard InChI is InChI=1S/C14H18ClN3O/c1-3-6-12-13(15)16-10-17-14(12)18(4-2)9-11-7-5-8-19-11/h5,7-8,10H,3-4,6,9H2,1-2H3. The molecule has 102 valence electrons. The molecule has 5 heteroatoms. The lowest BCUT2D eigenvalue weighted by Crippen LogP contribution is -2.24. The molecule has 0 amide bonds. The van der Waals surface area contributed by atoms with Crippen LogP contribution in [-0.2, 0) is 13.0 Å². The SMILES string of the molecule is CCCc1c(Cl)ncnc1N(CC)Cc1ccco1. The summed E-state index contributed by atoms with van der Waals surface area (Å²) in [5.41, 5.74) is 1.01. The molecule has 0 radical (unpaired) electrons. The Hall–Kier alpha value is -1.55. The third kappa shape index (κ3) is 3.26. The zero-order chi connectivity index (χ0) is 13.7. The lowest BCUT2D eigenvalue weighted by molar-refractivity contribution is 0.502. The minimum Gasteiger partial charge on any atom is -0.467 e. The number of furan rings is 1. The molecule has 0 atom stereocenters. The highest BCUT2D eigenvalue weighted by molar-refractivity contribution is 6.30. The van der Waals surface area contributed by atoms with E-state index in [-0.39, 0.29) is 0 Å². The number of rotatable bonds is 6. The van der Waals surface area contributed by atoms with Gasteiger partial charge in [0.2, 0.25) is 0 Å². The molecule has 0 saturated heterocycles. The Morgan fingerprint density at radius 3 is 2.79 bits per heavy atom. The fourth-order valence-corrected chi connectivity index (χ4v) is 2.27. The number of hydrogen-bond donors (Lipinski definition) is 0. The Kier molecular flexibility index (Phi) is 4.80. The van der Waals surface area contributed by atoms with Crippen molar-refractivity contribution < 1.29 is 4.42 Å². The predicted octanol–water partition coefficient (Wildman–Crippen LogP) is 3.70. The summed E-state index contributed by atoms with van der Waals surface area (Å²) in [6.45, 7) is 5.74. The first kappa shape index (κ1) is 13.9. The third-order valence-corrected chi connectivity index (χ3v) is 3.30. The van der Waals surface area contributed by atoms with Gasteiger partial charge >= 0.3 is 0 Å². The molecule has 2 rings (SSSR count). The zero-order valence-corrected chi connectivity index (χ0v) is 12.0. The van der Waals surface area contributed by atoms with Crippen LogP contribution in [0.2, 0.25) is 5.15 Å². The van der Waals surface area contributed by atoms with Gasteiger partial charge in [-0.15, -0.1) is 0 Å². The van der Waals surface area contributed by atoms with Gasteiger partial charge in [-0.25, -0.2) is 9.97 Å². The summed E-state index contributed by atoms with van der Waals surface area (Å²) in [4.78, 5) is 10.6. The van der Waals surface area contributed by atoms with E-state index in [1.165, 1.54) is 6.33 Å². The van der Waals surface area contributed by atoms with E-state index in [2.05, 4.69) is 28.7 Å². The molecule has 0 aromatic carbocycles. The average Bonchev–Trinajstić information content (AvgIpc) is 2.92. The van der Waals surface area contributed by atoms with Crippen LogP contribution in [0, 0.1) is 0 Å². The van der Waals surface area contributed by atoms with Crippen molar-refractivity contribution in [3.63, 3.8) is 0 Å². The van der Waals surface area contributed by atoms with Gasteiger partial charge in [0, 0.05) is 12.1 Å². The first-order chi connectivity index (χ1) is 9.26. The van der Waals surface area contributed by atoms with Gasteiger partial charge < -0.3 is 9.32 Å². The van der Waals surface area contributed by atoms with E-state index in [1.54, 1.807) is 6.26 Å². The normalized spacial score (nSPS) is 10.7. The first-order valence-electron chi connectivity index (χ1n) is 6.53. The van der Waals surface area contributed by atoms with Gasteiger partial charge in [0.1, 0.15) is 23.1 Å². The maximum absolute atomic E-state index is 6.19. The van der Waals surface area contributed by atoms with Crippen LogP contribution in [0.25, 0.3) is 0 Å². The van der Waals surface area contributed by atoms with Crippen LogP contribution >= 0.6 is 11.6 Å². The van der Waals surface area contributed by atoms with Gasteiger partial charge in [0.05, 0.1) is 12.8 Å². The second-order valence-corrected chi connectivity index (χ2v) is 4.67. The molecule has 0 aliphatic rings. The minimum atomic E-state index is 0.546. The van der Waals surface area contributed by atoms with Crippen LogP contribution in [0.4, 0.5) is 5.82 Å². The summed E-state index contributed by atoms with van der Waals surface area (Å²) in [6, 6.07) is 3.86. The van der Waals surface area contributed by atoms with Crippen LogP contribution in [0.3, 0.4) is 0 Å². The molecule has 2 aromatic rings. The molecule has 0 unspecified atom stereocenters.